The number of carbonyl (C=O) groups is 2. The van der Waals surface area contributed by atoms with E-state index in [2.05, 4.69) is 37.3 Å². The van der Waals surface area contributed by atoms with Gasteiger partial charge in [-0.2, -0.15) is 5.26 Å². The Bertz CT molecular complexity index is 1100. The quantitative estimate of drug-likeness (QED) is 0.547. The topological polar surface area (TPSA) is 89.3 Å². The van der Waals surface area contributed by atoms with E-state index in [1.165, 1.54) is 6.42 Å². The minimum atomic E-state index is -0.883. The van der Waals surface area contributed by atoms with Gasteiger partial charge in [0.15, 0.2) is 6.19 Å². The summed E-state index contributed by atoms with van der Waals surface area (Å²) in [6, 6.07) is 10.2. The van der Waals surface area contributed by atoms with Crippen LogP contribution in [0.25, 0.3) is 0 Å². The minimum absolute atomic E-state index is 0.0462. The standard InChI is InChI=1S/C30H39N5O2/c1-30(2,3)23-14-16-25(17-15-23)35(29(37)26-13-7-8-19-34(26)21-31)27(22-10-9-18-32-20-22)28(36)33-24-11-5-4-6-12-24/h9-10,14-18,20,24,26-27H,4-8,11-13,19H2,1-3H3,(H,33,36). The van der Waals surface area contributed by atoms with Crippen LogP contribution in [-0.4, -0.2) is 40.3 Å². The van der Waals surface area contributed by atoms with E-state index < -0.39 is 12.1 Å². The predicted octanol–water partition coefficient (Wildman–Crippen LogP) is 5.24. The van der Waals surface area contributed by atoms with E-state index in [4.69, 9.17) is 0 Å². The van der Waals surface area contributed by atoms with E-state index in [0.717, 1.165) is 44.1 Å². The monoisotopic (exact) mass is 501 g/mol. The van der Waals surface area contributed by atoms with Crippen molar-refractivity contribution in [3.63, 3.8) is 0 Å². The number of rotatable bonds is 6. The summed E-state index contributed by atoms with van der Waals surface area (Å²) in [6.45, 7) is 6.99. The molecule has 1 N–H and O–H groups in total. The number of pyridine rings is 1. The Morgan fingerprint density at radius 3 is 2.38 bits per heavy atom. The minimum Gasteiger partial charge on any atom is -0.351 e. The highest BCUT2D eigenvalue weighted by Gasteiger charge is 2.40. The van der Waals surface area contributed by atoms with E-state index in [0.29, 0.717) is 24.2 Å². The fraction of sp³-hybridized carbons (Fsp3) is 0.533. The van der Waals surface area contributed by atoms with Gasteiger partial charge in [0.2, 0.25) is 5.91 Å². The molecule has 7 nitrogen and oxygen atoms in total. The molecule has 1 saturated carbocycles. The number of amides is 2. The molecule has 0 spiro atoms. The number of aromatic nitrogens is 1. The highest BCUT2D eigenvalue weighted by molar-refractivity contribution is 6.04. The zero-order valence-corrected chi connectivity index (χ0v) is 22.3. The Kier molecular flexibility index (Phi) is 8.48. The molecule has 196 valence electrons. The first-order valence-electron chi connectivity index (χ1n) is 13.6. The number of piperidine rings is 1. The number of nitriles is 1. The molecule has 2 amide bonds. The molecular weight excluding hydrogens is 462 g/mol. The van der Waals surface area contributed by atoms with E-state index in [-0.39, 0.29) is 23.3 Å². The lowest BCUT2D eigenvalue weighted by Gasteiger charge is -2.38. The van der Waals surface area contributed by atoms with Crippen LogP contribution in [0.15, 0.2) is 48.8 Å². The first-order valence-corrected chi connectivity index (χ1v) is 13.6. The van der Waals surface area contributed by atoms with Gasteiger partial charge in [-0.15, -0.1) is 0 Å². The Hall–Kier alpha value is -3.40. The lowest BCUT2D eigenvalue weighted by atomic mass is 9.87. The molecule has 7 heteroatoms. The number of anilines is 1. The van der Waals surface area contributed by atoms with Gasteiger partial charge in [-0.05, 0) is 61.3 Å². The molecule has 4 rings (SSSR count). The Labute approximate surface area is 220 Å². The molecule has 1 aromatic heterocycles. The van der Waals surface area contributed by atoms with Crippen molar-refractivity contribution in [2.75, 3.05) is 11.4 Å². The van der Waals surface area contributed by atoms with E-state index in [1.54, 1.807) is 28.3 Å². The van der Waals surface area contributed by atoms with Crippen LogP contribution in [0.2, 0.25) is 0 Å². The lowest BCUT2D eigenvalue weighted by Crippen LogP contribution is -2.54. The van der Waals surface area contributed by atoms with Crippen LogP contribution in [0.3, 0.4) is 0 Å². The summed E-state index contributed by atoms with van der Waals surface area (Å²) >= 11 is 0. The van der Waals surface area contributed by atoms with Crippen molar-refractivity contribution in [3.05, 3.63) is 59.9 Å². The molecule has 1 saturated heterocycles. The molecule has 2 unspecified atom stereocenters. The molecule has 1 aromatic carbocycles. The van der Waals surface area contributed by atoms with Crippen molar-refractivity contribution in [1.82, 2.24) is 15.2 Å². The first-order chi connectivity index (χ1) is 17.8. The number of nitrogens with zero attached hydrogens (tertiary/aromatic N) is 4. The molecule has 37 heavy (non-hydrogen) atoms. The average Bonchev–Trinajstić information content (AvgIpc) is 2.92. The normalized spacial score (nSPS) is 19.5. The zero-order valence-electron chi connectivity index (χ0n) is 22.3. The smallest absolute Gasteiger partial charge is 0.251 e. The van der Waals surface area contributed by atoms with Crippen LogP contribution in [0.5, 0.6) is 0 Å². The van der Waals surface area contributed by atoms with Crippen LogP contribution in [0.4, 0.5) is 5.69 Å². The largest absolute Gasteiger partial charge is 0.351 e. The second kappa shape index (κ2) is 11.8. The maximum Gasteiger partial charge on any atom is 0.251 e. The number of carbonyl (C=O) groups excluding carboxylic acids is 2. The fourth-order valence-electron chi connectivity index (χ4n) is 5.48. The van der Waals surface area contributed by atoms with Crippen LogP contribution in [-0.2, 0) is 15.0 Å². The van der Waals surface area contributed by atoms with Gasteiger partial charge in [0.05, 0.1) is 0 Å². The van der Waals surface area contributed by atoms with Crippen LogP contribution in [0, 0.1) is 11.5 Å². The van der Waals surface area contributed by atoms with Gasteiger partial charge in [-0.25, -0.2) is 0 Å². The van der Waals surface area contributed by atoms with Gasteiger partial charge in [-0.1, -0.05) is 58.2 Å². The Morgan fingerprint density at radius 1 is 1.05 bits per heavy atom. The van der Waals surface area contributed by atoms with Crippen molar-refractivity contribution in [1.29, 1.82) is 5.26 Å². The summed E-state index contributed by atoms with van der Waals surface area (Å²) in [5.41, 5.74) is 2.40. The average molecular weight is 502 g/mol. The van der Waals surface area contributed by atoms with Gasteiger partial charge < -0.3 is 5.32 Å². The second-order valence-electron chi connectivity index (χ2n) is 11.3. The number of likely N-dealkylation sites (tertiary alicyclic amines) is 1. The van der Waals surface area contributed by atoms with Gasteiger partial charge >= 0.3 is 0 Å². The summed E-state index contributed by atoms with van der Waals surface area (Å²) in [5, 5.41) is 13.0. The van der Waals surface area contributed by atoms with Crippen molar-refractivity contribution in [3.8, 4) is 6.19 Å². The second-order valence-corrected chi connectivity index (χ2v) is 11.3. The van der Waals surface area contributed by atoms with Crippen LogP contribution < -0.4 is 10.2 Å². The Balaban J connectivity index is 1.78. The molecule has 2 aliphatic rings. The molecular formula is C30H39N5O2. The highest BCUT2D eigenvalue weighted by Crippen LogP contribution is 2.33. The summed E-state index contributed by atoms with van der Waals surface area (Å²) in [6.07, 6.45) is 13.2. The Morgan fingerprint density at radius 2 is 1.76 bits per heavy atom. The summed E-state index contributed by atoms with van der Waals surface area (Å²) in [4.78, 5) is 35.7. The van der Waals surface area contributed by atoms with Gasteiger partial charge in [0, 0.05) is 36.2 Å². The zero-order chi connectivity index (χ0) is 26.4. The number of nitrogens with one attached hydrogen (secondary N) is 1. The molecule has 0 radical (unpaired) electrons. The SMILES string of the molecule is CC(C)(C)c1ccc(N(C(=O)C2CCCCN2C#N)C(C(=O)NC2CCCCC2)c2cccnc2)cc1. The van der Waals surface area contributed by atoms with Crippen LogP contribution >= 0.6 is 0 Å². The van der Waals surface area contributed by atoms with E-state index in [1.807, 2.05) is 30.3 Å². The van der Waals surface area contributed by atoms with E-state index >= 15 is 0 Å². The highest BCUT2D eigenvalue weighted by atomic mass is 16.2. The van der Waals surface area contributed by atoms with Crippen molar-refractivity contribution >= 4 is 17.5 Å². The maximum absolute atomic E-state index is 14.3. The summed E-state index contributed by atoms with van der Waals surface area (Å²) in [5.74, 6) is -0.426. The molecule has 0 bridgehead atoms. The third-order valence-electron chi connectivity index (χ3n) is 7.62. The molecule has 2 atom stereocenters. The van der Waals surface area contributed by atoms with Crippen molar-refractivity contribution < 1.29 is 9.59 Å². The predicted molar refractivity (Wildman–Crippen MR) is 145 cm³/mol. The summed E-state index contributed by atoms with van der Waals surface area (Å²) < 4.78 is 0. The molecule has 2 heterocycles. The molecule has 2 fully saturated rings. The van der Waals surface area contributed by atoms with Crippen molar-refractivity contribution in [2.45, 2.75) is 95.7 Å². The number of hydrogen-bond donors (Lipinski definition) is 1. The van der Waals surface area contributed by atoms with Gasteiger partial charge in [-0.3, -0.25) is 24.4 Å². The van der Waals surface area contributed by atoms with Gasteiger partial charge in [0.1, 0.15) is 12.1 Å². The lowest BCUT2D eigenvalue weighted by molar-refractivity contribution is -0.129. The molecule has 2 aromatic rings. The van der Waals surface area contributed by atoms with Crippen LogP contribution in [0.1, 0.15) is 89.3 Å². The van der Waals surface area contributed by atoms with Gasteiger partial charge in [0.25, 0.3) is 5.91 Å². The first kappa shape index (κ1) is 26.7. The number of benzene rings is 1. The maximum atomic E-state index is 14.3. The van der Waals surface area contributed by atoms with E-state index in [9.17, 15) is 14.9 Å². The van der Waals surface area contributed by atoms with Crippen molar-refractivity contribution in [2.24, 2.45) is 0 Å². The molecule has 1 aliphatic heterocycles. The third-order valence-corrected chi connectivity index (χ3v) is 7.62. The summed E-state index contributed by atoms with van der Waals surface area (Å²) in [7, 11) is 0. The fourth-order valence-corrected chi connectivity index (χ4v) is 5.48. The number of hydrogen-bond acceptors (Lipinski definition) is 5. The third kappa shape index (κ3) is 6.30. The molecule has 1 aliphatic carbocycles.